The van der Waals surface area contributed by atoms with Gasteiger partial charge in [-0.15, -0.1) is 11.3 Å². The summed E-state index contributed by atoms with van der Waals surface area (Å²) in [5, 5.41) is 9.45. The summed E-state index contributed by atoms with van der Waals surface area (Å²) in [6.45, 7) is 1.79. The molecule has 1 saturated carbocycles. The monoisotopic (exact) mass is 378 g/mol. The third kappa shape index (κ3) is 3.71. The lowest BCUT2D eigenvalue weighted by atomic mass is 10.1. The normalized spacial score (nSPS) is 22.7. The molecular weight excluding hydrogens is 360 g/mol. The highest BCUT2D eigenvalue weighted by molar-refractivity contribution is 7.91. The molecule has 0 radical (unpaired) electrons. The van der Waals surface area contributed by atoms with Crippen molar-refractivity contribution in [2.45, 2.75) is 29.5 Å². The summed E-state index contributed by atoms with van der Waals surface area (Å²) in [5.41, 5.74) is 0. The molecule has 3 rings (SSSR count). The van der Waals surface area contributed by atoms with Crippen molar-refractivity contribution in [2.24, 2.45) is 5.92 Å². The predicted molar refractivity (Wildman–Crippen MR) is 88.4 cm³/mol. The van der Waals surface area contributed by atoms with Gasteiger partial charge < -0.3 is 5.11 Å². The number of sulfonamides is 1. The van der Waals surface area contributed by atoms with Crippen molar-refractivity contribution >= 4 is 38.9 Å². The van der Waals surface area contributed by atoms with Crippen LogP contribution in [0.25, 0.3) is 0 Å². The van der Waals surface area contributed by atoms with Crippen molar-refractivity contribution in [1.29, 1.82) is 0 Å². The summed E-state index contributed by atoms with van der Waals surface area (Å²) >= 11 is 6.89. The van der Waals surface area contributed by atoms with Crippen molar-refractivity contribution in [3.8, 4) is 0 Å². The van der Waals surface area contributed by atoms with E-state index in [1.807, 2.05) is 4.90 Å². The molecule has 6 nitrogen and oxygen atoms in total. The van der Waals surface area contributed by atoms with E-state index in [0.717, 1.165) is 24.2 Å². The van der Waals surface area contributed by atoms with E-state index in [0.29, 0.717) is 36.9 Å². The molecule has 2 heterocycles. The first-order valence-corrected chi connectivity index (χ1v) is 10.3. The summed E-state index contributed by atoms with van der Waals surface area (Å²) in [6.07, 6.45) is 2.53. The van der Waals surface area contributed by atoms with Gasteiger partial charge >= 0.3 is 5.97 Å². The summed E-state index contributed by atoms with van der Waals surface area (Å²) in [4.78, 5) is 13.4. The zero-order chi connectivity index (χ0) is 16.6. The maximum atomic E-state index is 12.7. The number of nitrogens with zero attached hydrogens (tertiary/aromatic N) is 2. The van der Waals surface area contributed by atoms with Crippen LogP contribution in [0.2, 0.25) is 4.34 Å². The number of rotatable bonds is 5. The van der Waals surface area contributed by atoms with Crippen molar-refractivity contribution < 1.29 is 18.3 Å². The number of hydrogen-bond donors (Lipinski definition) is 1. The number of aliphatic carboxylic acids is 1. The van der Waals surface area contributed by atoms with Gasteiger partial charge in [0.05, 0.1) is 4.34 Å². The molecule has 1 N–H and O–H groups in total. The fourth-order valence-electron chi connectivity index (χ4n) is 3.06. The zero-order valence-corrected chi connectivity index (χ0v) is 14.9. The van der Waals surface area contributed by atoms with Crippen LogP contribution in [0.15, 0.2) is 16.3 Å². The molecule has 2 fully saturated rings. The number of halogens is 1. The van der Waals surface area contributed by atoms with Crippen LogP contribution >= 0.6 is 22.9 Å². The summed E-state index contributed by atoms with van der Waals surface area (Å²) < 4.78 is 27.4. The number of hydrogen-bond acceptors (Lipinski definition) is 5. The average Bonchev–Trinajstić information content (AvgIpc) is 3.25. The SMILES string of the molecule is O=C(O)C(C1CC1)N1CCCN(S(=O)(=O)c2ccc(Cl)s2)CC1. The first kappa shape index (κ1) is 17.2. The summed E-state index contributed by atoms with van der Waals surface area (Å²) in [7, 11) is -3.55. The van der Waals surface area contributed by atoms with E-state index in [1.54, 1.807) is 6.07 Å². The second-order valence-corrected chi connectivity index (χ2v) is 9.85. The van der Waals surface area contributed by atoms with E-state index in [1.165, 1.54) is 10.4 Å². The maximum Gasteiger partial charge on any atom is 0.321 e. The van der Waals surface area contributed by atoms with Gasteiger partial charge in [-0.3, -0.25) is 9.69 Å². The van der Waals surface area contributed by atoms with Crippen LogP contribution < -0.4 is 0 Å². The lowest BCUT2D eigenvalue weighted by molar-refractivity contribution is -0.144. The molecule has 0 amide bonds. The molecule has 1 aromatic heterocycles. The Kier molecular flexibility index (Phi) is 4.98. The Labute approximate surface area is 144 Å². The quantitative estimate of drug-likeness (QED) is 0.847. The van der Waals surface area contributed by atoms with Gasteiger partial charge in [-0.2, -0.15) is 4.31 Å². The van der Waals surface area contributed by atoms with Gasteiger partial charge in [-0.1, -0.05) is 11.6 Å². The Morgan fingerprint density at radius 3 is 2.57 bits per heavy atom. The Morgan fingerprint density at radius 1 is 1.26 bits per heavy atom. The van der Waals surface area contributed by atoms with Gasteiger partial charge in [-0.05, 0) is 37.3 Å². The largest absolute Gasteiger partial charge is 0.480 e. The van der Waals surface area contributed by atoms with E-state index in [9.17, 15) is 18.3 Å². The second-order valence-electron chi connectivity index (χ2n) is 5.97. The number of carboxylic acids is 1. The van der Waals surface area contributed by atoms with E-state index >= 15 is 0 Å². The maximum absolute atomic E-state index is 12.7. The highest BCUT2D eigenvalue weighted by Crippen LogP contribution is 2.36. The number of carboxylic acid groups (broad SMARTS) is 1. The van der Waals surface area contributed by atoms with Crippen LogP contribution in [-0.2, 0) is 14.8 Å². The number of carbonyl (C=O) groups is 1. The molecular formula is C14H19ClN2O4S2. The molecule has 1 saturated heterocycles. The third-order valence-electron chi connectivity index (χ3n) is 4.35. The fraction of sp³-hybridized carbons (Fsp3) is 0.643. The molecule has 1 aliphatic carbocycles. The first-order valence-electron chi connectivity index (χ1n) is 7.62. The molecule has 1 aromatic rings. The molecule has 1 aliphatic heterocycles. The Morgan fingerprint density at radius 2 is 2.00 bits per heavy atom. The number of thiophene rings is 1. The second kappa shape index (κ2) is 6.68. The first-order chi connectivity index (χ1) is 10.9. The van der Waals surface area contributed by atoms with Crippen LogP contribution in [0, 0.1) is 5.92 Å². The smallest absolute Gasteiger partial charge is 0.321 e. The lowest BCUT2D eigenvalue weighted by Crippen LogP contribution is -2.45. The average molecular weight is 379 g/mol. The molecule has 9 heteroatoms. The molecule has 0 spiro atoms. The molecule has 1 atom stereocenters. The van der Waals surface area contributed by atoms with Crippen LogP contribution in [0.1, 0.15) is 19.3 Å². The predicted octanol–water partition coefficient (Wildman–Crippen LogP) is 1.96. The van der Waals surface area contributed by atoms with Gasteiger partial charge in [0.25, 0.3) is 10.0 Å². The molecule has 23 heavy (non-hydrogen) atoms. The molecule has 1 unspecified atom stereocenters. The van der Waals surface area contributed by atoms with Crippen molar-refractivity contribution in [3.05, 3.63) is 16.5 Å². The van der Waals surface area contributed by atoms with Gasteiger partial charge in [0, 0.05) is 26.2 Å². The van der Waals surface area contributed by atoms with E-state index in [2.05, 4.69) is 0 Å². The van der Waals surface area contributed by atoms with Crippen LogP contribution in [0.4, 0.5) is 0 Å². The molecule has 0 aromatic carbocycles. The van der Waals surface area contributed by atoms with Gasteiger partial charge in [0.15, 0.2) is 0 Å². The summed E-state index contributed by atoms with van der Waals surface area (Å²) in [6, 6.07) is 2.63. The minimum absolute atomic E-state index is 0.215. The van der Waals surface area contributed by atoms with Crippen molar-refractivity contribution in [2.75, 3.05) is 26.2 Å². The highest BCUT2D eigenvalue weighted by Gasteiger charge is 2.41. The summed E-state index contributed by atoms with van der Waals surface area (Å²) in [5.74, 6) is -0.583. The topological polar surface area (TPSA) is 77.9 Å². The highest BCUT2D eigenvalue weighted by atomic mass is 35.5. The van der Waals surface area contributed by atoms with E-state index in [4.69, 9.17) is 11.6 Å². The standard InChI is InChI=1S/C14H19ClN2O4S2/c15-11-4-5-12(22-11)23(20,21)17-7-1-6-16(8-9-17)13(14(18)19)10-2-3-10/h4-5,10,13H,1-3,6-9H2,(H,18,19). The van der Waals surface area contributed by atoms with Crippen molar-refractivity contribution in [1.82, 2.24) is 9.21 Å². The Hall–Kier alpha value is -0.670. The van der Waals surface area contributed by atoms with E-state index in [-0.39, 0.29) is 10.1 Å². The Balaban J connectivity index is 1.72. The third-order valence-corrected chi connectivity index (χ3v) is 7.94. The molecule has 128 valence electrons. The van der Waals surface area contributed by atoms with Gasteiger partial charge in [0.1, 0.15) is 10.3 Å². The zero-order valence-electron chi connectivity index (χ0n) is 12.5. The molecule has 2 aliphatic rings. The molecule has 0 bridgehead atoms. The van der Waals surface area contributed by atoms with Gasteiger partial charge in [0.2, 0.25) is 0 Å². The lowest BCUT2D eigenvalue weighted by Gasteiger charge is -2.27. The minimum Gasteiger partial charge on any atom is -0.480 e. The van der Waals surface area contributed by atoms with Crippen LogP contribution in [-0.4, -0.2) is 60.9 Å². The Bertz CT molecular complexity index is 687. The van der Waals surface area contributed by atoms with Gasteiger partial charge in [-0.25, -0.2) is 8.42 Å². The van der Waals surface area contributed by atoms with Crippen molar-refractivity contribution in [3.63, 3.8) is 0 Å². The fourth-order valence-corrected chi connectivity index (χ4v) is 6.17. The van der Waals surface area contributed by atoms with E-state index < -0.39 is 22.0 Å². The van der Waals surface area contributed by atoms with Crippen LogP contribution in [0.3, 0.4) is 0 Å². The minimum atomic E-state index is -3.55. The van der Waals surface area contributed by atoms with Crippen LogP contribution in [0.5, 0.6) is 0 Å².